The van der Waals surface area contributed by atoms with E-state index in [2.05, 4.69) is 25.9 Å². The highest BCUT2D eigenvalue weighted by molar-refractivity contribution is 6.30. The van der Waals surface area contributed by atoms with Gasteiger partial charge in [-0.3, -0.25) is 20.4 Å². The molecule has 1 aromatic carbocycles. The second-order valence-electron chi connectivity index (χ2n) is 11.0. The van der Waals surface area contributed by atoms with Crippen LogP contribution in [0.1, 0.15) is 37.7 Å². The first-order valence-electron chi connectivity index (χ1n) is 13.9. The van der Waals surface area contributed by atoms with Crippen LogP contribution in [0.4, 0.5) is 20.7 Å². The van der Waals surface area contributed by atoms with Crippen LogP contribution in [-0.2, 0) is 15.1 Å². The number of carbonyl (C=O) groups excluding carboxylic acids is 2. The summed E-state index contributed by atoms with van der Waals surface area (Å²) in [7, 11) is 1.53. The molecule has 1 aliphatic carbocycles. The van der Waals surface area contributed by atoms with Crippen molar-refractivity contribution in [2.24, 2.45) is 10.9 Å². The van der Waals surface area contributed by atoms with E-state index >= 15 is 4.39 Å². The Bertz CT molecular complexity index is 1430. The van der Waals surface area contributed by atoms with Crippen LogP contribution in [0.2, 0.25) is 5.02 Å². The van der Waals surface area contributed by atoms with Crippen molar-refractivity contribution in [3.63, 3.8) is 0 Å². The summed E-state index contributed by atoms with van der Waals surface area (Å²) in [6.45, 7) is 0.204. The number of methoxy groups -OCH3 is 1. The minimum Gasteiger partial charge on any atom is -0.380 e. The number of anilines is 2. The zero-order valence-corrected chi connectivity index (χ0v) is 23.4. The molecule has 3 fully saturated rings. The monoisotopic (exact) mass is 578 g/mol. The molecule has 2 saturated heterocycles. The number of pyridine rings is 1. The van der Waals surface area contributed by atoms with E-state index in [1.165, 1.54) is 42.7 Å². The highest BCUT2D eigenvalue weighted by Gasteiger charge is 2.49. The number of ether oxygens (including phenoxy) is 1. The fourth-order valence-electron chi connectivity index (χ4n) is 5.93. The number of likely N-dealkylation sites (tertiary alicyclic amines) is 1. The third-order valence-corrected chi connectivity index (χ3v) is 8.62. The molecule has 3 N–H and O–H groups in total. The molecule has 4 aliphatic rings. The lowest BCUT2D eigenvalue weighted by Gasteiger charge is -2.52. The van der Waals surface area contributed by atoms with Gasteiger partial charge in [0.25, 0.3) is 0 Å². The van der Waals surface area contributed by atoms with E-state index in [0.717, 1.165) is 24.3 Å². The number of carbonyl (C=O) groups is 2. The molecule has 3 aliphatic heterocycles. The number of halogens is 2. The molecule has 2 aromatic rings. The summed E-state index contributed by atoms with van der Waals surface area (Å²) in [5.41, 5.74) is 1.66. The average molecular weight is 579 g/mol. The fraction of sp³-hybridized carbons (Fsp3) is 0.400. The van der Waals surface area contributed by atoms with E-state index in [9.17, 15) is 9.59 Å². The maximum absolute atomic E-state index is 15.1. The van der Waals surface area contributed by atoms with Crippen molar-refractivity contribution in [1.29, 1.82) is 0 Å². The number of aliphatic imine (C=N–C) groups is 1. The fourth-order valence-corrected chi connectivity index (χ4v) is 6.05. The summed E-state index contributed by atoms with van der Waals surface area (Å²) in [6.07, 6.45) is 13.4. The highest BCUT2D eigenvalue weighted by atomic mass is 35.5. The van der Waals surface area contributed by atoms with Crippen molar-refractivity contribution < 1.29 is 18.7 Å². The summed E-state index contributed by atoms with van der Waals surface area (Å²) in [5.74, 6) is -0.0165. The van der Waals surface area contributed by atoms with Crippen LogP contribution in [0, 0.1) is 11.7 Å². The Morgan fingerprint density at radius 2 is 2.10 bits per heavy atom. The van der Waals surface area contributed by atoms with Gasteiger partial charge < -0.3 is 15.0 Å². The normalized spacial score (nSPS) is 26.6. The number of allylic oxidation sites excluding steroid dienone is 1. The summed E-state index contributed by atoms with van der Waals surface area (Å²) in [6, 6.07) is 6.75. The predicted molar refractivity (Wildman–Crippen MR) is 155 cm³/mol. The van der Waals surface area contributed by atoms with Crippen LogP contribution in [0.25, 0.3) is 0 Å². The van der Waals surface area contributed by atoms with Crippen molar-refractivity contribution in [3.05, 3.63) is 76.9 Å². The SMILES string of the molecule is CO[C@@H]1C[C@H](C(=O)Nc2cc(C3(CCC4CC4)NC4C=CN=CC=C43)ccc2F)N(C(=O)Nc2ccc(Cl)cn2)C1. The van der Waals surface area contributed by atoms with E-state index in [1.54, 1.807) is 36.7 Å². The van der Waals surface area contributed by atoms with Crippen molar-refractivity contribution >= 4 is 41.3 Å². The number of aromatic nitrogens is 1. The summed E-state index contributed by atoms with van der Waals surface area (Å²) >= 11 is 5.89. The van der Waals surface area contributed by atoms with E-state index < -0.39 is 29.3 Å². The maximum Gasteiger partial charge on any atom is 0.323 e. The minimum absolute atomic E-state index is 0.0615. The standard InChI is InChI=1S/C30H32ClFN6O3/c1-41-21-15-26(38(17-21)29(40)36-27-7-5-20(31)16-34-27)28(39)35-25-14-19(4-6-23(25)32)30(11-8-18-2-3-18)22-9-12-33-13-10-24(22)37-30/h4-7,9-10,12-14,16,18,21,24,26,37H,2-3,8,11,15,17H2,1H3,(H,35,39)(H,34,36,40)/t21-,24?,26-,30?/m1/s1. The average Bonchev–Trinajstić information content (AvgIpc) is 3.72. The molecular weight excluding hydrogens is 547 g/mol. The van der Waals surface area contributed by atoms with Gasteiger partial charge in [0.05, 0.1) is 28.4 Å². The van der Waals surface area contributed by atoms with E-state index in [0.29, 0.717) is 10.8 Å². The molecular formula is C30H32ClFN6O3. The maximum atomic E-state index is 15.1. The summed E-state index contributed by atoms with van der Waals surface area (Å²) in [5, 5.41) is 9.59. The van der Waals surface area contributed by atoms with Crippen LogP contribution < -0.4 is 16.0 Å². The lowest BCUT2D eigenvalue weighted by molar-refractivity contribution is -0.119. The molecule has 9 nitrogen and oxygen atoms in total. The second kappa shape index (κ2) is 11.3. The molecule has 4 atom stereocenters. The molecule has 214 valence electrons. The van der Waals surface area contributed by atoms with Crippen LogP contribution in [-0.4, -0.2) is 59.9 Å². The van der Waals surface area contributed by atoms with Gasteiger partial charge in [0.1, 0.15) is 17.7 Å². The molecule has 41 heavy (non-hydrogen) atoms. The van der Waals surface area contributed by atoms with Crippen molar-refractivity contribution in [2.45, 2.75) is 55.8 Å². The Morgan fingerprint density at radius 1 is 1.24 bits per heavy atom. The highest BCUT2D eigenvalue weighted by Crippen LogP contribution is 2.48. The molecule has 6 rings (SSSR count). The third-order valence-electron chi connectivity index (χ3n) is 8.40. The van der Waals surface area contributed by atoms with Crippen molar-refractivity contribution in [1.82, 2.24) is 15.2 Å². The number of amides is 3. The van der Waals surface area contributed by atoms with Gasteiger partial charge in [-0.1, -0.05) is 30.5 Å². The quantitative estimate of drug-likeness (QED) is 0.408. The molecule has 11 heteroatoms. The van der Waals surface area contributed by atoms with Crippen molar-refractivity contribution in [3.8, 4) is 0 Å². The van der Waals surface area contributed by atoms with Crippen LogP contribution in [0.5, 0.6) is 0 Å². The Balaban J connectivity index is 1.23. The molecule has 4 heterocycles. The zero-order chi connectivity index (χ0) is 28.6. The first-order chi connectivity index (χ1) is 19.9. The zero-order valence-electron chi connectivity index (χ0n) is 22.6. The number of hydrogen-bond donors (Lipinski definition) is 3. The number of hydrogen-bond acceptors (Lipinski definition) is 6. The molecule has 0 bridgehead atoms. The molecule has 1 aromatic heterocycles. The lowest BCUT2D eigenvalue weighted by atomic mass is 9.68. The third kappa shape index (κ3) is 5.64. The number of benzene rings is 1. The van der Waals surface area contributed by atoms with Gasteiger partial charge in [-0.25, -0.2) is 14.2 Å². The molecule has 0 spiro atoms. The van der Waals surface area contributed by atoms with Gasteiger partial charge in [-0.05, 0) is 66.3 Å². The van der Waals surface area contributed by atoms with E-state index in [1.807, 2.05) is 12.2 Å². The molecule has 2 unspecified atom stereocenters. The van der Waals surface area contributed by atoms with Crippen LogP contribution >= 0.6 is 11.6 Å². The van der Waals surface area contributed by atoms with E-state index in [4.69, 9.17) is 16.3 Å². The number of urea groups is 1. The smallest absolute Gasteiger partial charge is 0.323 e. The second-order valence-corrected chi connectivity index (χ2v) is 11.4. The largest absolute Gasteiger partial charge is 0.380 e. The number of fused-ring (bicyclic) bond motifs is 1. The van der Waals surface area contributed by atoms with Gasteiger partial charge in [0, 0.05) is 38.7 Å². The topological polar surface area (TPSA) is 108 Å². The van der Waals surface area contributed by atoms with Crippen LogP contribution in [0.3, 0.4) is 0 Å². The molecule has 1 saturated carbocycles. The first kappa shape index (κ1) is 27.6. The predicted octanol–water partition coefficient (Wildman–Crippen LogP) is 5.02. The number of rotatable bonds is 8. The van der Waals surface area contributed by atoms with Gasteiger partial charge in [-0.15, -0.1) is 0 Å². The molecule has 0 radical (unpaired) electrons. The minimum atomic E-state index is -0.865. The van der Waals surface area contributed by atoms with E-state index in [-0.39, 0.29) is 30.8 Å². The summed E-state index contributed by atoms with van der Waals surface area (Å²) in [4.78, 5) is 36.4. The lowest BCUT2D eigenvalue weighted by Crippen LogP contribution is -2.62. The van der Waals surface area contributed by atoms with Crippen molar-refractivity contribution in [2.75, 3.05) is 24.3 Å². The van der Waals surface area contributed by atoms with Crippen LogP contribution in [0.15, 0.2) is 65.4 Å². The van der Waals surface area contributed by atoms with Gasteiger partial charge in [0.15, 0.2) is 0 Å². The first-order valence-corrected chi connectivity index (χ1v) is 14.2. The molecule has 3 amide bonds. The Hall–Kier alpha value is -3.60. The van der Waals surface area contributed by atoms with Gasteiger partial charge in [-0.2, -0.15) is 0 Å². The van der Waals surface area contributed by atoms with Gasteiger partial charge in [0.2, 0.25) is 5.91 Å². The van der Waals surface area contributed by atoms with Gasteiger partial charge >= 0.3 is 6.03 Å². The summed E-state index contributed by atoms with van der Waals surface area (Å²) < 4.78 is 20.6. The number of nitrogens with zero attached hydrogens (tertiary/aromatic N) is 3. The Kier molecular flexibility index (Phi) is 7.63. The number of nitrogens with one attached hydrogen (secondary N) is 3. The Labute approximate surface area is 242 Å². The Morgan fingerprint density at radius 3 is 2.85 bits per heavy atom.